The fourth-order valence-electron chi connectivity index (χ4n) is 2.57. The fraction of sp³-hybridized carbons (Fsp3) is 0.643. The fourth-order valence-corrected chi connectivity index (χ4v) is 2.57. The molecule has 0 bridgehead atoms. The Balaban J connectivity index is 1.93. The molecule has 0 aromatic carbocycles. The van der Waals surface area contributed by atoms with Crippen LogP contribution in [-0.2, 0) is 0 Å². The Morgan fingerprint density at radius 1 is 1.37 bits per heavy atom. The Morgan fingerprint density at radius 3 is 2.68 bits per heavy atom. The molecule has 0 unspecified atom stereocenters. The van der Waals surface area contributed by atoms with Gasteiger partial charge < -0.3 is 10.2 Å². The quantitative estimate of drug-likeness (QED) is 0.883. The lowest BCUT2D eigenvalue weighted by molar-refractivity contribution is 0.0767. The van der Waals surface area contributed by atoms with Crippen LogP contribution in [0.25, 0.3) is 0 Å². The number of nitrogens with zero attached hydrogens (tertiary/aromatic N) is 3. The van der Waals surface area contributed by atoms with Gasteiger partial charge in [0.1, 0.15) is 11.5 Å². The second kappa shape index (κ2) is 6.50. The van der Waals surface area contributed by atoms with Gasteiger partial charge in [-0.2, -0.15) is 0 Å². The van der Waals surface area contributed by atoms with Gasteiger partial charge in [0.05, 0.1) is 12.4 Å². The van der Waals surface area contributed by atoms with E-state index < -0.39 is 0 Å². The molecule has 19 heavy (non-hydrogen) atoms. The smallest absolute Gasteiger partial charge is 0.273 e. The molecule has 5 heteroatoms. The molecule has 0 atom stereocenters. The summed E-state index contributed by atoms with van der Waals surface area (Å²) in [7, 11) is 1.85. The van der Waals surface area contributed by atoms with Crippen LogP contribution in [0.1, 0.15) is 43.1 Å². The third kappa shape index (κ3) is 3.66. The third-order valence-electron chi connectivity index (χ3n) is 3.58. The molecule has 1 aromatic heterocycles. The van der Waals surface area contributed by atoms with E-state index in [4.69, 9.17) is 0 Å². The van der Waals surface area contributed by atoms with Crippen LogP contribution in [-0.4, -0.2) is 40.9 Å². The molecular formula is C14H22N4O. The highest BCUT2D eigenvalue weighted by atomic mass is 16.2. The van der Waals surface area contributed by atoms with E-state index >= 15 is 0 Å². The lowest BCUT2D eigenvalue weighted by atomic mass is 10.1. The molecule has 0 spiro atoms. The van der Waals surface area contributed by atoms with E-state index in [1.165, 1.54) is 25.7 Å². The van der Waals surface area contributed by atoms with Crippen LogP contribution < -0.4 is 5.32 Å². The molecule has 1 amide bonds. The molecule has 104 valence electrons. The summed E-state index contributed by atoms with van der Waals surface area (Å²) in [5.74, 6) is 1.32. The molecule has 2 rings (SSSR count). The van der Waals surface area contributed by atoms with Gasteiger partial charge in [0.15, 0.2) is 0 Å². The molecule has 1 N–H and O–H groups in total. The van der Waals surface area contributed by atoms with Gasteiger partial charge in [-0.15, -0.1) is 0 Å². The minimum absolute atomic E-state index is 0.0394. The SMILES string of the molecule is CCNc1cnc(C(=O)N(C)CC2CCCC2)cn1. The van der Waals surface area contributed by atoms with Gasteiger partial charge in [0.25, 0.3) is 5.91 Å². The largest absolute Gasteiger partial charge is 0.369 e. The number of anilines is 1. The van der Waals surface area contributed by atoms with Gasteiger partial charge in [-0.25, -0.2) is 9.97 Å². The molecule has 1 aliphatic carbocycles. The van der Waals surface area contributed by atoms with E-state index in [-0.39, 0.29) is 5.91 Å². The van der Waals surface area contributed by atoms with E-state index in [1.54, 1.807) is 17.3 Å². The summed E-state index contributed by atoms with van der Waals surface area (Å²) in [6.45, 7) is 3.62. The molecule has 0 aliphatic heterocycles. The molecule has 1 fully saturated rings. The second-order valence-corrected chi connectivity index (χ2v) is 5.15. The predicted octanol–water partition coefficient (Wildman–Crippen LogP) is 2.17. The van der Waals surface area contributed by atoms with Crippen molar-refractivity contribution in [2.75, 3.05) is 25.5 Å². The van der Waals surface area contributed by atoms with Gasteiger partial charge in [-0.05, 0) is 25.7 Å². The Kier molecular flexibility index (Phi) is 4.71. The van der Waals surface area contributed by atoms with Gasteiger partial charge in [0.2, 0.25) is 0 Å². The highest BCUT2D eigenvalue weighted by Gasteiger charge is 2.21. The van der Waals surface area contributed by atoms with Crippen molar-refractivity contribution in [3.63, 3.8) is 0 Å². The molecule has 0 saturated heterocycles. The van der Waals surface area contributed by atoms with Crippen molar-refractivity contribution < 1.29 is 4.79 Å². The van der Waals surface area contributed by atoms with Crippen LogP contribution in [0, 0.1) is 5.92 Å². The summed E-state index contributed by atoms with van der Waals surface area (Å²) >= 11 is 0. The average Bonchev–Trinajstić information content (AvgIpc) is 2.92. The van der Waals surface area contributed by atoms with Crippen molar-refractivity contribution in [3.8, 4) is 0 Å². The first-order chi connectivity index (χ1) is 9.20. The summed E-state index contributed by atoms with van der Waals surface area (Å²) in [5.41, 5.74) is 0.419. The predicted molar refractivity (Wildman–Crippen MR) is 75.1 cm³/mol. The molecule has 5 nitrogen and oxygen atoms in total. The summed E-state index contributed by atoms with van der Waals surface area (Å²) in [4.78, 5) is 22.3. The highest BCUT2D eigenvalue weighted by molar-refractivity contribution is 5.91. The lowest BCUT2D eigenvalue weighted by Crippen LogP contribution is -2.31. The van der Waals surface area contributed by atoms with Crippen LogP contribution in [0.3, 0.4) is 0 Å². The van der Waals surface area contributed by atoms with Crippen molar-refractivity contribution >= 4 is 11.7 Å². The molecule has 1 aromatic rings. The van der Waals surface area contributed by atoms with Crippen molar-refractivity contribution in [2.45, 2.75) is 32.6 Å². The Hall–Kier alpha value is -1.65. The summed E-state index contributed by atoms with van der Waals surface area (Å²) < 4.78 is 0. The standard InChI is InChI=1S/C14H22N4O/c1-3-15-13-9-16-12(8-17-13)14(19)18(2)10-11-6-4-5-7-11/h8-9,11H,3-7,10H2,1-2H3,(H,15,17). The maximum Gasteiger partial charge on any atom is 0.273 e. The van der Waals surface area contributed by atoms with E-state index in [9.17, 15) is 4.79 Å². The molecule has 0 radical (unpaired) electrons. The minimum Gasteiger partial charge on any atom is -0.369 e. The van der Waals surface area contributed by atoms with Crippen LogP contribution in [0.15, 0.2) is 12.4 Å². The Morgan fingerprint density at radius 2 is 2.11 bits per heavy atom. The monoisotopic (exact) mass is 262 g/mol. The number of aromatic nitrogens is 2. The first-order valence-corrected chi connectivity index (χ1v) is 7.02. The van der Waals surface area contributed by atoms with Crippen LogP contribution in [0.4, 0.5) is 5.82 Å². The maximum absolute atomic E-state index is 12.2. The topological polar surface area (TPSA) is 58.1 Å². The Labute approximate surface area is 114 Å². The molecule has 1 heterocycles. The zero-order valence-electron chi connectivity index (χ0n) is 11.7. The van der Waals surface area contributed by atoms with Gasteiger partial charge in [-0.3, -0.25) is 4.79 Å². The van der Waals surface area contributed by atoms with Gasteiger partial charge in [0, 0.05) is 20.1 Å². The molecule has 1 saturated carbocycles. The van der Waals surface area contributed by atoms with Gasteiger partial charge in [-0.1, -0.05) is 12.8 Å². The van der Waals surface area contributed by atoms with Crippen LogP contribution in [0.2, 0.25) is 0 Å². The second-order valence-electron chi connectivity index (χ2n) is 5.15. The maximum atomic E-state index is 12.2. The van der Waals surface area contributed by atoms with Crippen LogP contribution in [0.5, 0.6) is 0 Å². The third-order valence-corrected chi connectivity index (χ3v) is 3.58. The first-order valence-electron chi connectivity index (χ1n) is 7.02. The first kappa shape index (κ1) is 13.8. The summed E-state index contributed by atoms with van der Waals surface area (Å²) in [6, 6.07) is 0. The number of carbonyl (C=O) groups is 1. The number of hydrogen-bond donors (Lipinski definition) is 1. The lowest BCUT2D eigenvalue weighted by Gasteiger charge is -2.20. The van der Waals surface area contributed by atoms with Crippen LogP contribution >= 0.6 is 0 Å². The number of rotatable bonds is 5. The van der Waals surface area contributed by atoms with Crippen molar-refractivity contribution in [1.29, 1.82) is 0 Å². The summed E-state index contributed by atoms with van der Waals surface area (Å²) in [5, 5.41) is 3.06. The highest BCUT2D eigenvalue weighted by Crippen LogP contribution is 2.25. The van der Waals surface area contributed by atoms with Crippen molar-refractivity contribution in [2.24, 2.45) is 5.92 Å². The zero-order valence-corrected chi connectivity index (χ0v) is 11.7. The zero-order chi connectivity index (χ0) is 13.7. The number of hydrogen-bond acceptors (Lipinski definition) is 4. The van der Waals surface area contributed by atoms with Crippen molar-refractivity contribution in [3.05, 3.63) is 18.1 Å². The number of carbonyl (C=O) groups excluding carboxylic acids is 1. The molecule has 1 aliphatic rings. The minimum atomic E-state index is -0.0394. The van der Waals surface area contributed by atoms with E-state index in [0.29, 0.717) is 17.4 Å². The van der Waals surface area contributed by atoms with E-state index in [2.05, 4.69) is 15.3 Å². The van der Waals surface area contributed by atoms with Crippen molar-refractivity contribution in [1.82, 2.24) is 14.9 Å². The Bertz CT molecular complexity index is 412. The van der Waals surface area contributed by atoms with E-state index in [0.717, 1.165) is 13.1 Å². The summed E-state index contributed by atoms with van der Waals surface area (Å²) in [6.07, 6.45) is 8.23. The number of nitrogens with one attached hydrogen (secondary N) is 1. The normalized spacial score (nSPS) is 15.5. The van der Waals surface area contributed by atoms with Gasteiger partial charge >= 0.3 is 0 Å². The van der Waals surface area contributed by atoms with E-state index in [1.807, 2.05) is 14.0 Å². The average molecular weight is 262 g/mol. The number of amides is 1. The molecular weight excluding hydrogens is 240 g/mol.